The molecule has 2 unspecified atom stereocenters. The molecule has 0 aliphatic carbocycles. The van der Waals surface area contributed by atoms with Gasteiger partial charge in [0.1, 0.15) is 11.7 Å². The van der Waals surface area contributed by atoms with E-state index in [-0.39, 0.29) is 61.5 Å². The third-order valence-corrected chi connectivity index (χ3v) is 10.2. The Kier molecular flexibility index (Phi) is 20.4. The Morgan fingerprint density at radius 2 is 1.39 bits per heavy atom. The molecule has 0 spiro atoms. The lowest BCUT2D eigenvalue weighted by Crippen LogP contribution is -2.54. The number of rotatable bonds is 27. The van der Waals surface area contributed by atoms with E-state index in [1.165, 1.54) is 0 Å². The Morgan fingerprint density at radius 1 is 0.774 bits per heavy atom. The second-order valence-electron chi connectivity index (χ2n) is 16.3. The zero-order valence-electron chi connectivity index (χ0n) is 37.2. The molecule has 5 N–H and O–H groups in total. The van der Waals surface area contributed by atoms with Crippen LogP contribution in [0, 0.1) is 17.8 Å². The van der Waals surface area contributed by atoms with Crippen molar-refractivity contribution in [3.05, 3.63) is 54.1 Å². The summed E-state index contributed by atoms with van der Waals surface area (Å²) in [6.07, 6.45) is 1.26. The summed E-state index contributed by atoms with van der Waals surface area (Å²) in [5.74, 6) is -1.17. The number of fused-ring (bicyclic) bond motifs is 5. The second kappa shape index (κ2) is 25.6. The van der Waals surface area contributed by atoms with Gasteiger partial charge in [0.25, 0.3) is 0 Å². The van der Waals surface area contributed by atoms with Crippen LogP contribution in [0.1, 0.15) is 72.8 Å². The summed E-state index contributed by atoms with van der Waals surface area (Å²) in [4.78, 5) is 65.0. The van der Waals surface area contributed by atoms with Crippen molar-refractivity contribution in [2.24, 2.45) is 23.5 Å². The van der Waals surface area contributed by atoms with Crippen LogP contribution < -0.4 is 26.6 Å². The number of urea groups is 1. The van der Waals surface area contributed by atoms with Gasteiger partial charge in [-0.3, -0.25) is 19.2 Å². The van der Waals surface area contributed by atoms with E-state index in [0.29, 0.717) is 72.0 Å². The fourth-order valence-electron chi connectivity index (χ4n) is 6.98. The number of benzene rings is 2. The molecular formula is C45H66N8O9. The lowest BCUT2D eigenvalue weighted by atomic mass is 9.95. The predicted octanol–water partition coefficient (Wildman–Crippen LogP) is 4.26. The first-order valence-corrected chi connectivity index (χ1v) is 21.7. The second-order valence-corrected chi connectivity index (χ2v) is 16.3. The van der Waals surface area contributed by atoms with Gasteiger partial charge in [0.2, 0.25) is 17.7 Å². The van der Waals surface area contributed by atoms with Crippen molar-refractivity contribution >= 4 is 35.2 Å². The number of anilines is 1. The highest BCUT2D eigenvalue weighted by Crippen LogP contribution is 2.41. The van der Waals surface area contributed by atoms with Crippen molar-refractivity contribution in [3.63, 3.8) is 0 Å². The number of nitrogens with one attached hydrogen (secondary N) is 3. The van der Waals surface area contributed by atoms with E-state index in [4.69, 9.17) is 24.7 Å². The topological polar surface area (TPSA) is 218 Å². The van der Waals surface area contributed by atoms with E-state index in [2.05, 4.69) is 40.1 Å². The average molecular weight is 863 g/mol. The van der Waals surface area contributed by atoms with Crippen molar-refractivity contribution in [1.29, 1.82) is 0 Å². The highest BCUT2D eigenvalue weighted by molar-refractivity contribution is 6.00. The van der Waals surface area contributed by atoms with E-state index in [9.17, 15) is 24.0 Å². The smallest absolute Gasteiger partial charge is 0.312 e. The van der Waals surface area contributed by atoms with Crippen LogP contribution >= 0.6 is 0 Å². The first-order chi connectivity index (χ1) is 29.8. The summed E-state index contributed by atoms with van der Waals surface area (Å²) in [6.45, 7) is 15.0. The molecule has 17 heteroatoms. The third-order valence-electron chi connectivity index (χ3n) is 10.2. The van der Waals surface area contributed by atoms with E-state index in [1.54, 1.807) is 13.8 Å². The number of ether oxygens (including phenoxy) is 4. The monoisotopic (exact) mass is 862 g/mol. The molecule has 1 aromatic heterocycles. The number of amides is 5. The zero-order valence-corrected chi connectivity index (χ0v) is 37.2. The van der Waals surface area contributed by atoms with Crippen molar-refractivity contribution in [2.45, 2.75) is 92.4 Å². The predicted molar refractivity (Wildman–Crippen MR) is 235 cm³/mol. The maximum absolute atomic E-state index is 13.6. The van der Waals surface area contributed by atoms with E-state index in [0.717, 1.165) is 33.8 Å². The number of para-hydroxylation sites is 1. The van der Waals surface area contributed by atoms with Gasteiger partial charge in [-0.1, -0.05) is 89.2 Å². The van der Waals surface area contributed by atoms with Crippen molar-refractivity contribution in [1.82, 2.24) is 30.9 Å². The summed E-state index contributed by atoms with van der Waals surface area (Å²) in [5.41, 5.74) is 10.4. The fourth-order valence-corrected chi connectivity index (χ4v) is 6.98. The fraction of sp³-hybridized carbons (Fsp3) is 0.578. The molecule has 2 aromatic carbocycles. The minimum Gasteiger partial charge on any atom is -0.379 e. The van der Waals surface area contributed by atoms with Gasteiger partial charge in [0, 0.05) is 36.4 Å². The van der Waals surface area contributed by atoms with Gasteiger partial charge in [-0.2, -0.15) is 0 Å². The molecule has 3 aromatic rings. The molecule has 4 rings (SSSR count). The lowest BCUT2D eigenvalue weighted by Gasteiger charge is -2.29. The molecular weight excluding hydrogens is 797 g/mol. The Hall–Kier alpha value is -5.23. The van der Waals surface area contributed by atoms with Gasteiger partial charge in [0.05, 0.1) is 83.4 Å². The number of Topliss-reactive ketones (excluding diaryl/α,β-unsaturated/α-hetero) is 1. The summed E-state index contributed by atoms with van der Waals surface area (Å²) in [5, 5.41) is 17.2. The average Bonchev–Trinajstić information content (AvgIpc) is 3.64. The summed E-state index contributed by atoms with van der Waals surface area (Å²) < 4.78 is 24.6. The number of primary amides is 1. The molecule has 340 valence electrons. The SMILES string of the molecule is CC(C)CC(=O)N1Cc2ccccc2-c2nnn(CCOCCOCCOCCOCCC(=O)NC(C(=O)NC(CCCNC(N)=O)C(=O)C(C)C)C(C)C)c2-c2ccccc21. The van der Waals surface area contributed by atoms with Crippen LogP contribution in [0.4, 0.5) is 10.5 Å². The number of nitrogens with two attached hydrogens (primary N) is 1. The molecule has 0 bridgehead atoms. The highest BCUT2D eigenvalue weighted by atomic mass is 16.6. The Labute approximate surface area is 365 Å². The zero-order chi connectivity index (χ0) is 45.0. The minimum absolute atomic E-state index is 0.0471. The maximum Gasteiger partial charge on any atom is 0.312 e. The van der Waals surface area contributed by atoms with Crippen molar-refractivity contribution in [2.75, 3.05) is 64.3 Å². The molecule has 0 saturated carbocycles. The van der Waals surface area contributed by atoms with Crippen LogP contribution in [0.3, 0.4) is 0 Å². The first kappa shape index (κ1) is 49.4. The number of aromatic nitrogens is 3. The van der Waals surface area contributed by atoms with E-state index >= 15 is 0 Å². The van der Waals surface area contributed by atoms with Gasteiger partial charge in [-0.05, 0) is 36.3 Å². The molecule has 0 radical (unpaired) electrons. The normalized spacial score (nSPS) is 13.1. The summed E-state index contributed by atoms with van der Waals surface area (Å²) in [6, 6.07) is 13.7. The molecule has 17 nitrogen and oxygen atoms in total. The Morgan fingerprint density at radius 3 is 2.02 bits per heavy atom. The molecule has 1 aliphatic rings. The number of ketones is 1. The van der Waals surface area contributed by atoms with Crippen molar-refractivity contribution < 1.29 is 42.9 Å². The minimum atomic E-state index is -0.840. The van der Waals surface area contributed by atoms with Gasteiger partial charge in [-0.15, -0.1) is 5.10 Å². The molecule has 0 fully saturated rings. The van der Waals surface area contributed by atoms with E-state index in [1.807, 2.05) is 72.0 Å². The van der Waals surface area contributed by atoms with Crippen LogP contribution in [-0.4, -0.2) is 116 Å². The van der Waals surface area contributed by atoms with Crippen LogP contribution in [-0.2, 0) is 51.2 Å². The molecule has 2 heterocycles. The highest BCUT2D eigenvalue weighted by Gasteiger charge is 2.31. The van der Waals surface area contributed by atoms with Gasteiger partial charge < -0.3 is 45.5 Å². The number of carbonyl (C=O) groups is 5. The largest absolute Gasteiger partial charge is 0.379 e. The van der Waals surface area contributed by atoms with Gasteiger partial charge in [0.15, 0.2) is 5.78 Å². The van der Waals surface area contributed by atoms with Crippen LogP contribution in [0.15, 0.2) is 48.5 Å². The summed E-state index contributed by atoms with van der Waals surface area (Å²) >= 11 is 0. The molecule has 5 amide bonds. The van der Waals surface area contributed by atoms with E-state index < -0.39 is 24.0 Å². The standard InChI is InChI=1S/C45H66N8O9/c1-30(2)28-39(55)52-29-33-12-7-8-13-34(33)41-42(35-14-9-10-16-37(35)52)53(51-50-41)19-21-60-23-25-62-27-26-61-24-22-59-20-17-38(54)49-40(31(3)4)44(57)48-36(43(56)32(5)6)15-11-18-47-45(46)58/h7-10,12-14,16,30-32,36,40H,11,15,17-29H2,1-6H3,(H,48,57)(H,49,54)(H3,46,47,58). The van der Waals surface area contributed by atoms with Crippen molar-refractivity contribution in [3.8, 4) is 22.5 Å². The van der Waals surface area contributed by atoms with Gasteiger partial charge >= 0.3 is 6.03 Å². The first-order valence-electron chi connectivity index (χ1n) is 21.7. The number of hydrogen-bond donors (Lipinski definition) is 4. The number of carbonyl (C=O) groups excluding carboxylic acids is 5. The summed E-state index contributed by atoms with van der Waals surface area (Å²) in [7, 11) is 0. The third kappa shape index (κ3) is 15.3. The quantitative estimate of drug-likeness (QED) is 0.0794. The van der Waals surface area contributed by atoms with Crippen LogP contribution in [0.25, 0.3) is 22.5 Å². The Balaban J connectivity index is 1.11. The lowest BCUT2D eigenvalue weighted by molar-refractivity contribution is -0.133. The number of hydrogen-bond acceptors (Lipinski definition) is 11. The molecule has 62 heavy (non-hydrogen) atoms. The number of nitrogens with zero attached hydrogens (tertiary/aromatic N) is 4. The Bertz CT molecular complexity index is 1920. The van der Waals surface area contributed by atoms with Crippen LogP contribution in [0.2, 0.25) is 0 Å². The molecule has 1 aliphatic heterocycles. The molecule has 0 saturated heterocycles. The van der Waals surface area contributed by atoms with Gasteiger partial charge in [-0.25, -0.2) is 9.48 Å². The molecule has 2 atom stereocenters. The maximum atomic E-state index is 13.6. The van der Waals surface area contributed by atoms with Crippen LogP contribution in [0.5, 0.6) is 0 Å².